The summed E-state index contributed by atoms with van der Waals surface area (Å²) in [5.74, 6) is -1.24. The van der Waals surface area contributed by atoms with E-state index in [0.29, 0.717) is 36.9 Å². The van der Waals surface area contributed by atoms with Crippen molar-refractivity contribution in [1.29, 1.82) is 0 Å². The second-order valence-corrected chi connectivity index (χ2v) is 11.3. The Bertz CT molecular complexity index is 1200. The first-order valence-electron chi connectivity index (χ1n) is 11.7. The first-order valence-corrected chi connectivity index (χ1v) is 13.2. The number of rotatable bonds is 6. The third-order valence-corrected chi connectivity index (χ3v) is 9.13. The Balaban J connectivity index is 1.56. The number of allylic oxidation sites excluding steroid dienone is 2. The van der Waals surface area contributed by atoms with Gasteiger partial charge >= 0.3 is 0 Å². The number of sulfonamides is 1. The highest BCUT2D eigenvalue weighted by atomic mass is 32.2. The molecular weight excluding hydrogens is 458 g/mol. The van der Waals surface area contributed by atoms with Crippen LogP contribution in [0.1, 0.15) is 73.9 Å². The Morgan fingerprint density at radius 2 is 1.82 bits per heavy atom. The van der Waals surface area contributed by atoms with E-state index in [1.165, 1.54) is 10.4 Å². The van der Waals surface area contributed by atoms with Gasteiger partial charge in [-0.2, -0.15) is 4.31 Å². The lowest BCUT2D eigenvalue weighted by molar-refractivity contribution is -0.115. The first kappa shape index (κ1) is 24.5. The van der Waals surface area contributed by atoms with Crippen molar-refractivity contribution >= 4 is 15.8 Å². The average molecular weight is 489 g/mol. The van der Waals surface area contributed by atoms with Crippen molar-refractivity contribution in [3.63, 3.8) is 0 Å². The van der Waals surface area contributed by atoms with Gasteiger partial charge in [-0.3, -0.25) is 4.79 Å². The van der Waals surface area contributed by atoms with Crippen molar-refractivity contribution in [2.45, 2.75) is 69.8 Å². The van der Waals surface area contributed by atoms with Crippen molar-refractivity contribution in [3.05, 3.63) is 82.6 Å². The molecule has 0 unspecified atom stereocenters. The fourth-order valence-corrected chi connectivity index (χ4v) is 7.03. The van der Waals surface area contributed by atoms with E-state index in [9.17, 15) is 13.2 Å². The molecular formula is C26H30F2N2O3S. The fourth-order valence-electron chi connectivity index (χ4n) is 4.84. The Labute approximate surface area is 199 Å². The molecule has 0 bridgehead atoms. The summed E-state index contributed by atoms with van der Waals surface area (Å²) in [5.41, 5.74) is 1.56. The van der Waals surface area contributed by atoms with Crippen molar-refractivity contribution in [3.8, 4) is 0 Å². The molecule has 0 radical (unpaired) electrons. The zero-order valence-corrected chi connectivity index (χ0v) is 20.2. The Morgan fingerprint density at radius 1 is 1.09 bits per heavy atom. The van der Waals surface area contributed by atoms with Crippen LogP contribution in [0, 0.1) is 11.6 Å². The van der Waals surface area contributed by atoms with Crippen LogP contribution < -0.4 is 5.32 Å². The second-order valence-electron chi connectivity index (χ2n) is 9.24. The lowest BCUT2D eigenvalue weighted by Gasteiger charge is -2.37. The molecule has 0 spiro atoms. The lowest BCUT2D eigenvalue weighted by atomic mass is 10.00. The summed E-state index contributed by atoms with van der Waals surface area (Å²) in [7, 11) is -3.75. The Hall–Kier alpha value is -2.58. The van der Waals surface area contributed by atoms with E-state index in [-0.39, 0.29) is 29.5 Å². The van der Waals surface area contributed by atoms with Crippen LogP contribution in [0.25, 0.3) is 0 Å². The quantitative estimate of drug-likeness (QED) is 0.599. The molecule has 1 fully saturated rings. The number of hydrogen-bond acceptors (Lipinski definition) is 4. The normalized spacial score (nSPS) is 23.9. The van der Waals surface area contributed by atoms with Gasteiger partial charge in [0.25, 0.3) is 0 Å². The molecule has 1 aliphatic heterocycles. The van der Waals surface area contributed by atoms with Crippen LogP contribution in [0.15, 0.2) is 54.2 Å². The minimum Gasteiger partial charge on any atom is -0.382 e. The first-order chi connectivity index (χ1) is 16.2. The molecule has 182 valence electrons. The van der Waals surface area contributed by atoms with E-state index in [1.54, 1.807) is 38.1 Å². The fraction of sp³-hybridized carbons (Fsp3) is 0.423. The summed E-state index contributed by atoms with van der Waals surface area (Å²) < 4.78 is 58.3. The number of carbonyl (C=O) groups is 1. The lowest BCUT2D eigenvalue weighted by Crippen LogP contribution is -2.44. The smallest absolute Gasteiger partial charge is 0.221 e. The Kier molecular flexibility index (Phi) is 7.19. The second kappa shape index (κ2) is 9.96. The number of hydrogen-bond donors (Lipinski definition) is 1. The maximum atomic E-state index is 15.1. The van der Waals surface area contributed by atoms with Crippen LogP contribution in [-0.2, 0) is 21.4 Å². The molecule has 2 aromatic carbocycles. The van der Waals surface area contributed by atoms with Gasteiger partial charge in [0.2, 0.25) is 10.0 Å². The third-order valence-electron chi connectivity index (χ3n) is 6.76. The highest BCUT2D eigenvalue weighted by molar-refractivity contribution is 7.89. The maximum Gasteiger partial charge on any atom is 0.221 e. The van der Waals surface area contributed by atoms with E-state index in [1.807, 2.05) is 6.07 Å². The van der Waals surface area contributed by atoms with Crippen LogP contribution in [-0.4, -0.2) is 24.5 Å². The molecule has 1 N–H and O–H groups in total. The summed E-state index contributed by atoms with van der Waals surface area (Å²) in [4.78, 5) is 11.6. The Morgan fingerprint density at radius 3 is 2.53 bits per heavy atom. The van der Waals surface area contributed by atoms with Crippen LogP contribution in [0.2, 0.25) is 0 Å². The monoisotopic (exact) mass is 488 g/mol. The summed E-state index contributed by atoms with van der Waals surface area (Å²) in [6, 6.07) is 10.4. The average Bonchev–Trinajstić information content (AvgIpc) is 2.79. The highest BCUT2D eigenvalue weighted by Gasteiger charge is 2.40. The van der Waals surface area contributed by atoms with Gasteiger partial charge in [0, 0.05) is 41.9 Å². The summed E-state index contributed by atoms with van der Waals surface area (Å²) in [6.45, 7) is 3.28. The molecule has 0 aromatic heterocycles. The molecule has 34 heavy (non-hydrogen) atoms. The standard InChI is InChI=1S/C26H30F2N2O3S/c1-17-11-12-26(19-7-4-3-5-8-19)34(32,33)30(17)16-20-13-25(28)23(15-24(20)27)18(2)29-21-9-6-10-22(31)14-21/h3-5,7-8,13-15,17-18,26,29H,6,9-12,16H2,1-2H3/t17-,18-,26+/m0/s1. The van der Waals surface area contributed by atoms with Crippen molar-refractivity contribution < 1.29 is 22.0 Å². The number of nitrogens with zero attached hydrogens (tertiary/aromatic N) is 1. The molecule has 0 saturated carbocycles. The minimum atomic E-state index is -3.75. The number of carbonyl (C=O) groups excluding carboxylic acids is 1. The molecule has 0 amide bonds. The van der Waals surface area contributed by atoms with Crippen LogP contribution in [0.4, 0.5) is 8.78 Å². The van der Waals surface area contributed by atoms with Gasteiger partial charge in [0.1, 0.15) is 16.9 Å². The van der Waals surface area contributed by atoms with Gasteiger partial charge in [-0.15, -0.1) is 0 Å². The summed E-state index contributed by atoms with van der Waals surface area (Å²) in [5, 5.41) is 2.40. The van der Waals surface area contributed by atoms with Crippen molar-refractivity contribution in [2.75, 3.05) is 0 Å². The summed E-state index contributed by atoms with van der Waals surface area (Å²) >= 11 is 0. The van der Waals surface area contributed by atoms with E-state index in [2.05, 4.69) is 5.32 Å². The molecule has 2 aliphatic rings. The number of ketones is 1. The molecule has 1 aliphatic carbocycles. The zero-order valence-electron chi connectivity index (χ0n) is 19.4. The van der Waals surface area contributed by atoms with Gasteiger partial charge in [-0.1, -0.05) is 30.3 Å². The van der Waals surface area contributed by atoms with Gasteiger partial charge in [0.15, 0.2) is 5.78 Å². The van der Waals surface area contributed by atoms with Crippen molar-refractivity contribution in [2.24, 2.45) is 0 Å². The largest absolute Gasteiger partial charge is 0.382 e. The topological polar surface area (TPSA) is 66.5 Å². The molecule has 5 nitrogen and oxygen atoms in total. The van der Waals surface area contributed by atoms with Crippen LogP contribution >= 0.6 is 0 Å². The molecule has 2 aromatic rings. The highest BCUT2D eigenvalue weighted by Crippen LogP contribution is 2.38. The maximum absolute atomic E-state index is 15.1. The van der Waals surface area contributed by atoms with E-state index < -0.39 is 32.9 Å². The molecule has 8 heteroatoms. The molecule has 1 heterocycles. The van der Waals surface area contributed by atoms with Gasteiger partial charge in [-0.05, 0) is 57.2 Å². The number of nitrogens with one attached hydrogen (secondary N) is 1. The van der Waals surface area contributed by atoms with Gasteiger partial charge < -0.3 is 5.32 Å². The van der Waals surface area contributed by atoms with E-state index in [0.717, 1.165) is 18.6 Å². The van der Waals surface area contributed by atoms with Crippen LogP contribution in [0.5, 0.6) is 0 Å². The minimum absolute atomic E-state index is 0.00430. The molecule has 4 rings (SSSR count). The van der Waals surface area contributed by atoms with Crippen molar-refractivity contribution in [1.82, 2.24) is 9.62 Å². The van der Waals surface area contributed by atoms with E-state index >= 15 is 8.78 Å². The SMILES string of the molecule is C[C@H](NC1=CC(=O)CCC1)c1cc(F)c(CN2[C@@H](C)CC[C@H](c3ccccc3)S2(=O)=O)cc1F. The molecule has 3 atom stereocenters. The predicted octanol–water partition coefficient (Wildman–Crippen LogP) is 5.31. The van der Waals surface area contributed by atoms with Gasteiger partial charge in [-0.25, -0.2) is 17.2 Å². The number of halogens is 2. The predicted molar refractivity (Wildman–Crippen MR) is 127 cm³/mol. The van der Waals surface area contributed by atoms with E-state index in [4.69, 9.17) is 0 Å². The summed E-state index contributed by atoms with van der Waals surface area (Å²) in [6.07, 6.45) is 4.56. The zero-order chi connectivity index (χ0) is 24.5. The third kappa shape index (κ3) is 5.08. The van der Waals surface area contributed by atoms with Crippen LogP contribution in [0.3, 0.4) is 0 Å². The number of benzene rings is 2. The van der Waals surface area contributed by atoms with Gasteiger partial charge in [0.05, 0.1) is 6.04 Å². The molecule has 1 saturated heterocycles.